The third-order valence-electron chi connectivity index (χ3n) is 2.69. The van der Waals surface area contributed by atoms with Crippen LogP contribution in [0.1, 0.15) is 19.8 Å². The fourth-order valence-electron chi connectivity index (χ4n) is 1.58. The van der Waals surface area contributed by atoms with Gasteiger partial charge < -0.3 is 15.8 Å². The number of hydrogen-bond donors (Lipinski definition) is 2. The summed E-state index contributed by atoms with van der Waals surface area (Å²) in [5.41, 5.74) is 6.61. The van der Waals surface area contributed by atoms with Crippen LogP contribution in [-0.2, 0) is 0 Å². The first-order valence-electron chi connectivity index (χ1n) is 5.74. The molecule has 90 valence electrons. The van der Waals surface area contributed by atoms with E-state index < -0.39 is 0 Å². The number of nitrogens with one attached hydrogen (secondary N) is 1. The Morgan fingerprint density at radius 2 is 2.38 bits per heavy atom. The molecule has 0 spiro atoms. The maximum atomic E-state index is 5.56. The first-order chi connectivity index (χ1) is 7.80. The molecule has 0 radical (unpaired) electrons. The van der Waals surface area contributed by atoms with Crippen molar-refractivity contribution in [1.82, 2.24) is 4.98 Å². The van der Waals surface area contributed by atoms with Crippen LogP contribution in [-0.4, -0.2) is 25.2 Å². The maximum Gasteiger partial charge on any atom is 0.214 e. The molecule has 16 heavy (non-hydrogen) atoms. The summed E-state index contributed by atoms with van der Waals surface area (Å²) in [4.78, 5) is 4.06. The van der Waals surface area contributed by atoms with Crippen molar-refractivity contribution in [1.29, 1.82) is 0 Å². The summed E-state index contributed by atoms with van der Waals surface area (Å²) in [7, 11) is 1.62. The number of anilines is 1. The summed E-state index contributed by atoms with van der Waals surface area (Å²) < 4.78 is 5.06. The molecule has 1 unspecified atom stereocenters. The lowest BCUT2D eigenvalue weighted by atomic mass is 10.0. The number of aromatic nitrogens is 1. The van der Waals surface area contributed by atoms with Crippen LogP contribution in [0.5, 0.6) is 5.88 Å². The van der Waals surface area contributed by atoms with Crippen molar-refractivity contribution in [2.75, 3.05) is 25.5 Å². The lowest BCUT2D eigenvalue weighted by Crippen LogP contribution is -2.17. The number of rotatable bonds is 7. The van der Waals surface area contributed by atoms with E-state index >= 15 is 0 Å². The minimum Gasteiger partial charge on any atom is -0.481 e. The topological polar surface area (TPSA) is 60.2 Å². The van der Waals surface area contributed by atoms with E-state index in [1.807, 2.05) is 12.1 Å². The second-order valence-corrected chi connectivity index (χ2v) is 3.82. The number of ether oxygens (including phenoxy) is 1. The molecule has 0 fully saturated rings. The second kappa shape index (κ2) is 7.06. The Morgan fingerprint density at radius 3 is 3.00 bits per heavy atom. The summed E-state index contributed by atoms with van der Waals surface area (Å²) in [5.74, 6) is 1.26. The zero-order chi connectivity index (χ0) is 11.8. The van der Waals surface area contributed by atoms with Gasteiger partial charge in [-0.1, -0.05) is 13.3 Å². The van der Waals surface area contributed by atoms with Gasteiger partial charge in [0.05, 0.1) is 7.11 Å². The summed E-state index contributed by atoms with van der Waals surface area (Å²) in [6, 6.07) is 3.84. The fourth-order valence-corrected chi connectivity index (χ4v) is 1.58. The lowest BCUT2D eigenvalue weighted by molar-refractivity contribution is 0.398. The molecule has 1 aromatic heterocycles. The summed E-state index contributed by atoms with van der Waals surface area (Å²) >= 11 is 0. The van der Waals surface area contributed by atoms with Gasteiger partial charge in [-0.3, -0.25) is 0 Å². The van der Waals surface area contributed by atoms with Crippen LogP contribution in [0.25, 0.3) is 0 Å². The molecule has 0 saturated carbocycles. The molecular weight excluding hydrogens is 202 g/mol. The lowest BCUT2D eigenvalue weighted by Gasteiger charge is -2.15. The second-order valence-electron chi connectivity index (χ2n) is 3.82. The van der Waals surface area contributed by atoms with Crippen molar-refractivity contribution in [3.05, 3.63) is 18.3 Å². The summed E-state index contributed by atoms with van der Waals surface area (Å²) in [6.45, 7) is 3.88. The Labute approximate surface area is 97.2 Å². The summed E-state index contributed by atoms with van der Waals surface area (Å²) in [6.07, 6.45) is 3.95. The zero-order valence-electron chi connectivity index (χ0n) is 10.1. The molecule has 1 atom stereocenters. The fraction of sp³-hybridized carbons (Fsp3) is 0.583. The highest BCUT2D eigenvalue weighted by atomic mass is 16.5. The van der Waals surface area contributed by atoms with Gasteiger partial charge in [0.25, 0.3) is 0 Å². The van der Waals surface area contributed by atoms with Crippen molar-refractivity contribution in [2.24, 2.45) is 11.7 Å². The Bertz CT molecular complexity index is 304. The Hall–Kier alpha value is -1.29. The van der Waals surface area contributed by atoms with Crippen LogP contribution in [0, 0.1) is 5.92 Å². The molecule has 3 N–H and O–H groups in total. The van der Waals surface area contributed by atoms with Gasteiger partial charge in [-0.05, 0) is 24.9 Å². The maximum absolute atomic E-state index is 5.56. The van der Waals surface area contributed by atoms with E-state index in [-0.39, 0.29) is 0 Å². The van der Waals surface area contributed by atoms with Gasteiger partial charge in [0.2, 0.25) is 5.88 Å². The molecule has 1 rings (SSSR count). The molecule has 1 aromatic rings. The first kappa shape index (κ1) is 12.8. The molecule has 0 bridgehead atoms. The van der Waals surface area contributed by atoms with E-state index in [0.29, 0.717) is 11.8 Å². The molecular formula is C12H21N3O. The normalized spacial score (nSPS) is 12.2. The van der Waals surface area contributed by atoms with Gasteiger partial charge in [0.1, 0.15) is 0 Å². The average Bonchev–Trinajstić information content (AvgIpc) is 2.34. The quantitative estimate of drug-likeness (QED) is 0.741. The number of hydrogen-bond acceptors (Lipinski definition) is 4. The minimum absolute atomic E-state index is 0.629. The van der Waals surface area contributed by atoms with Gasteiger partial charge >= 0.3 is 0 Å². The van der Waals surface area contributed by atoms with Crippen LogP contribution in [0.2, 0.25) is 0 Å². The van der Waals surface area contributed by atoms with Crippen molar-refractivity contribution in [3.63, 3.8) is 0 Å². The number of pyridine rings is 1. The van der Waals surface area contributed by atoms with E-state index in [1.54, 1.807) is 13.3 Å². The molecule has 4 heteroatoms. The standard InChI is InChI=1S/C12H21N3O/c1-3-10(4-6-13)9-15-11-5-7-14-12(8-11)16-2/h5,7-8,10H,3-4,6,9,13H2,1-2H3,(H,14,15). The highest BCUT2D eigenvalue weighted by Gasteiger charge is 2.05. The van der Waals surface area contributed by atoms with Gasteiger partial charge in [-0.2, -0.15) is 0 Å². The van der Waals surface area contributed by atoms with E-state index in [2.05, 4.69) is 17.2 Å². The molecule has 0 aliphatic carbocycles. The smallest absolute Gasteiger partial charge is 0.214 e. The van der Waals surface area contributed by atoms with E-state index in [1.165, 1.54) is 0 Å². The Balaban J connectivity index is 2.46. The first-order valence-corrected chi connectivity index (χ1v) is 5.74. The molecule has 0 amide bonds. The van der Waals surface area contributed by atoms with Crippen molar-refractivity contribution >= 4 is 5.69 Å². The van der Waals surface area contributed by atoms with Gasteiger partial charge in [0.15, 0.2) is 0 Å². The van der Waals surface area contributed by atoms with E-state index in [0.717, 1.165) is 31.6 Å². The summed E-state index contributed by atoms with van der Waals surface area (Å²) in [5, 5.41) is 3.38. The molecule has 0 aliphatic heterocycles. The third kappa shape index (κ3) is 4.06. The average molecular weight is 223 g/mol. The van der Waals surface area contributed by atoms with Crippen LogP contribution >= 0.6 is 0 Å². The minimum atomic E-state index is 0.629. The van der Waals surface area contributed by atoms with E-state index in [9.17, 15) is 0 Å². The number of nitrogens with two attached hydrogens (primary N) is 1. The number of nitrogens with zero attached hydrogens (tertiary/aromatic N) is 1. The highest BCUT2D eigenvalue weighted by Crippen LogP contribution is 2.15. The monoisotopic (exact) mass is 223 g/mol. The van der Waals surface area contributed by atoms with Crippen molar-refractivity contribution in [2.45, 2.75) is 19.8 Å². The third-order valence-corrected chi connectivity index (χ3v) is 2.69. The predicted octanol–water partition coefficient (Wildman–Crippen LogP) is 1.88. The Kier molecular flexibility index (Phi) is 5.64. The zero-order valence-corrected chi connectivity index (χ0v) is 10.1. The van der Waals surface area contributed by atoms with Crippen LogP contribution in [0.15, 0.2) is 18.3 Å². The Morgan fingerprint density at radius 1 is 1.56 bits per heavy atom. The van der Waals surface area contributed by atoms with Gasteiger partial charge in [-0.15, -0.1) is 0 Å². The van der Waals surface area contributed by atoms with Gasteiger partial charge in [0, 0.05) is 24.5 Å². The molecule has 0 aromatic carbocycles. The molecule has 0 saturated heterocycles. The van der Waals surface area contributed by atoms with Crippen molar-refractivity contribution < 1.29 is 4.74 Å². The van der Waals surface area contributed by atoms with Gasteiger partial charge in [-0.25, -0.2) is 4.98 Å². The molecule has 4 nitrogen and oxygen atoms in total. The van der Waals surface area contributed by atoms with Crippen LogP contribution in [0.4, 0.5) is 5.69 Å². The molecule has 1 heterocycles. The number of methoxy groups -OCH3 is 1. The predicted molar refractivity (Wildman–Crippen MR) is 66.7 cm³/mol. The van der Waals surface area contributed by atoms with E-state index in [4.69, 9.17) is 10.5 Å². The molecule has 0 aliphatic rings. The SMILES string of the molecule is CCC(CCN)CNc1ccnc(OC)c1. The largest absolute Gasteiger partial charge is 0.481 e. The van der Waals surface area contributed by atoms with Crippen LogP contribution in [0.3, 0.4) is 0 Å². The highest BCUT2D eigenvalue weighted by molar-refractivity contribution is 5.44. The van der Waals surface area contributed by atoms with Crippen molar-refractivity contribution in [3.8, 4) is 5.88 Å². The van der Waals surface area contributed by atoms with Crippen LogP contribution < -0.4 is 15.8 Å².